The molecule has 0 spiro atoms. The van der Waals surface area contributed by atoms with E-state index < -0.39 is 0 Å². The van der Waals surface area contributed by atoms with E-state index in [1.54, 1.807) is 13.0 Å². The summed E-state index contributed by atoms with van der Waals surface area (Å²) >= 11 is 4.16. The van der Waals surface area contributed by atoms with Gasteiger partial charge in [-0.15, -0.1) is 28.1 Å². The Kier molecular flexibility index (Phi) is 5.61. The zero-order chi connectivity index (χ0) is 17.8. The molecule has 0 fully saturated rings. The second kappa shape index (κ2) is 7.89. The molecule has 3 aromatic heterocycles. The topological polar surface area (TPSA) is 89.9 Å². The van der Waals surface area contributed by atoms with Crippen molar-refractivity contribution in [2.45, 2.75) is 23.2 Å². The summed E-state index contributed by atoms with van der Waals surface area (Å²) in [5.41, 5.74) is 0.830. The minimum atomic E-state index is -0.328. The highest BCUT2D eigenvalue weighted by Crippen LogP contribution is 2.39. The Morgan fingerprint density at radius 2 is 2.24 bits per heavy atom. The second-order valence-electron chi connectivity index (χ2n) is 4.78. The van der Waals surface area contributed by atoms with Crippen LogP contribution in [0.25, 0.3) is 10.2 Å². The highest BCUT2D eigenvalue weighted by Gasteiger charge is 2.21. The molecule has 25 heavy (non-hydrogen) atoms. The van der Waals surface area contributed by atoms with Gasteiger partial charge in [0.1, 0.15) is 21.1 Å². The van der Waals surface area contributed by atoms with Crippen molar-refractivity contribution in [2.24, 2.45) is 0 Å². The average molecular weight is 394 g/mol. The number of hydrogen-bond donors (Lipinski definition) is 1. The number of aromatic nitrogens is 4. The highest BCUT2D eigenvalue weighted by molar-refractivity contribution is 8.01. The van der Waals surface area contributed by atoms with Crippen molar-refractivity contribution < 1.29 is 9.53 Å². The number of esters is 1. The molecule has 0 saturated carbocycles. The van der Waals surface area contributed by atoms with Crippen LogP contribution in [0.3, 0.4) is 0 Å². The van der Waals surface area contributed by atoms with E-state index in [1.807, 2.05) is 6.92 Å². The number of rotatable bonds is 7. The van der Waals surface area contributed by atoms with Crippen molar-refractivity contribution in [2.75, 3.05) is 18.5 Å². The Morgan fingerprint density at radius 1 is 1.40 bits per heavy atom. The SMILES string of the molecule is C=CCNc1nnc(Sc2ncnc3sc(C(=O)OCC)c(C)c23)s1. The molecule has 7 nitrogen and oxygen atoms in total. The van der Waals surface area contributed by atoms with Gasteiger partial charge in [-0.3, -0.25) is 0 Å². The van der Waals surface area contributed by atoms with Crippen LogP contribution in [0, 0.1) is 6.92 Å². The Labute approximate surface area is 156 Å². The van der Waals surface area contributed by atoms with Crippen LogP contribution in [0.1, 0.15) is 22.2 Å². The molecule has 3 rings (SSSR count). The number of anilines is 1. The monoisotopic (exact) mass is 393 g/mol. The van der Waals surface area contributed by atoms with Crippen LogP contribution in [0.2, 0.25) is 0 Å². The number of fused-ring (bicyclic) bond motifs is 1. The minimum absolute atomic E-state index is 0.328. The molecule has 0 amide bonds. The van der Waals surface area contributed by atoms with Gasteiger partial charge >= 0.3 is 5.97 Å². The lowest BCUT2D eigenvalue weighted by molar-refractivity contribution is 0.0531. The number of nitrogens with zero attached hydrogens (tertiary/aromatic N) is 4. The van der Waals surface area contributed by atoms with E-state index in [1.165, 1.54) is 40.8 Å². The maximum absolute atomic E-state index is 12.1. The molecule has 0 aromatic carbocycles. The quantitative estimate of drug-likeness (QED) is 0.368. The zero-order valence-corrected chi connectivity index (χ0v) is 16.1. The molecule has 0 aliphatic heterocycles. The number of carbonyl (C=O) groups excluding carboxylic acids is 1. The van der Waals surface area contributed by atoms with Crippen molar-refractivity contribution in [3.8, 4) is 0 Å². The Morgan fingerprint density at radius 3 is 3.00 bits per heavy atom. The van der Waals surface area contributed by atoms with Gasteiger partial charge in [0.2, 0.25) is 5.13 Å². The Bertz CT molecular complexity index is 921. The molecule has 0 bridgehead atoms. The van der Waals surface area contributed by atoms with Crippen molar-refractivity contribution in [3.63, 3.8) is 0 Å². The summed E-state index contributed by atoms with van der Waals surface area (Å²) in [6.07, 6.45) is 3.25. The average Bonchev–Trinajstić information content (AvgIpc) is 3.18. The van der Waals surface area contributed by atoms with Crippen LogP contribution < -0.4 is 5.32 Å². The highest BCUT2D eigenvalue weighted by atomic mass is 32.2. The van der Waals surface area contributed by atoms with Gasteiger partial charge in [0.15, 0.2) is 4.34 Å². The van der Waals surface area contributed by atoms with Crippen molar-refractivity contribution in [3.05, 3.63) is 29.4 Å². The number of aryl methyl sites for hydroxylation is 1. The van der Waals surface area contributed by atoms with Crippen LogP contribution in [-0.2, 0) is 4.74 Å². The molecular formula is C15H15N5O2S3. The van der Waals surface area contributed by atoms with Gasteiger partial charge in [-0.1, -0.05) is 17.4 Å². The summed E-state index contributed by atoms with van der Waals surface area (Å²) < 4.78 is 5.88. The predicted octanol–water partition coefficient (Wildman–Crippen LogP) is 3.78. The molecule has 0 saturated heterocycles. The molecule has 10 heteroatoms. The first kappa shape index (κ1) is 17.8. The summed E-state index contributed by atoms with van der Waals surface area (Å²) in [6.45, 7) is 8.30. The van der Waals surface area contributed by atoms with E-state index >= 15 is 0 Å². The van der Waals surface area contributed by atoms with Crippen molar-refractivity contribution in [1.29, 1.82) is 0 Å². The summed E-state index contributed by atoms with van der Waals surface area (Å²) in [7, 11) is 0. The number of thiophene rings is 1. The van der Waals surface area contributed by atoms with E-state index in [9.17, 15) is 4.79 Å². The van der Waals surface area contributed by atoms with Crippen LogP contribution in [-0.4, -0.2) is 39.3 Å². The molecule has 130 valence electrons. The van der Waals surface area contributed by atoms with Gasteiger partial charge in [0, 0.05) is 11.9 Å². The van der Waals surface area contributed by atoms with Crippen LogP contribution >= 0.6 is 34.4 Å². The van der Waals surface area contributed by atoms with E-state index in [2.05, 4.69) is 32.1 Å². The van der Waals surface area contributed by atoms with E-state index in [4.69, 9.17) is 4.74 Å². The van der Waals surface area contributed by atoms with Crippen molar-refractivity contribution >= 4 is 55.8 Å². The summed E-state index contributed by atoms with van der Waals surface area (Å²) in [5, 5.41) is 13.7. The summed E-state index contributed by atoms with van der Waals surface area (Å²) in [5.74, 6) is -0.328. The zero-order valence-electron chi connectivity index (χ0n) is 13.6. The molecule has 0 aliphatic carbocycles. The minimum Gasteiger partial charge on any atom is -0.462 e. The molecule has 0 unspecified atom stereocenters. The van der Waals surface area contributed by atoms with Crippen molar-refractivity contribution in [1.82, 2.24) is 20.2 Å². The smallest absolute Gasteiger partial charge is 0.348 e. The van der Waals surface area contributed by atoms with Crippen LogP contribution in [0.5, 0.6) is 0 Å². The normalized spacial score (nSPS) is 10.8. The lowest BCUT2D eigenvalue weighted by atomic mass is 10.2. The summed E-state index contributed by atoms with van der Waals surface area (Å²) in [6, 6.07) is 0. The fraction of sp³-hybridized carbons (Fsp3) is 0.267. The first-order valence-electron chi connectivity index (χ1n) is 7.41. The third kappa shape index (κ3) is 3.80. The van der Waals surface area contributed by atoms with E-state index in [0.717, 1.165) is 30.3 Å². The number of ether oxygens (including phenoxy) is 1. The molecule has 3 heterocycles. The summed E-state index contributed by atoms with van der Waals surface area (Å²) in [4.78, 5) is 22.1. The molecule has 1 N–H and O–H groups in total. The van der Waals surface area contributed by atoms with Gasteiger partial charge in [0.25, 0.3) is 0 Å². The van der Waals surface area contributed by atoms with Crippen LogP contribution in [0.15, 0.2) is 28.3 Å². The lowest BCUT2D eigenvalue weighted by Crippen LogP contribution is -2.03. The first-order valence-corrected chi connectivity index (χ1v) is 9.86. The van der Waals surface area contributed by atoms with Gasteiger partial charge in [-0.25, -0.2) is 14.8 Å². The van der Waals surface area contributed by atoms with Gasteiger partial charge in [0.05, 0.1) is 6.61 Å². The van der Waals surface area contributed by atoms with Gasteiger partial charge < -0.3 is 10.1 Å². The number of carbonyl (C=O) groups is 1. The molecule has 0 aliphatic rings. The first-order chi connectivity index (χ1) is 12.1. The molecule has 0 radical (unpaired) electrons. The standard InChI is InChI=1S/C15H15N5O2S3/c1-4-6-16-14-19-20-15(25-14)24-12-9-8(3)10(13(21)22-5-2)23-11(9)17-7-18-12/h4,7H,1,5-6H2,2-3H3,(H,16,19). The van der Waals surface area contributed by atoms with Crippen LogP contribution in [0.4, 0.5) is 5.13 Å². The fourth-order valence-corrected chi connectivity index (χ4v) is 5.00. The van der Waals surface area contributed by atoms with Gasteiger partial charge in [-0.2, -0.15) is 0 Å². The number of hydrogen-bond acceptors (Lipinski definition) is 10. The third-order valence-electron chi connectivity index (χ3n) is 3.14. The third-order valence-corrected chi connectivity index (χ3v) is 6.26. The maximum atomic E-state index is 12.1. The maximum Gasteiger partial charge on any atom is 0.348 e. The Hall–Kier alpha value is -2.04. The van der Waals surface area contributed by atoms with Gasteiger partial charge in [-0.05, 0) is 31.2 Å². The molecular weight excluding hydrogens is 378 g/mol. The largest absolute Gasteiger partial charge is 0.462 e. The molecule has 0 atom stereocenters. The second-order valence-corrected chi connectivity index (χ2v) is 7.99. The molecule has 3 aromatic rings. The number of nitrogens with one attached hydrogen (secondary N) is 1. The fourth-order valence-electron chi connectivity index (χ4n) is 2.07. The van der Waals surface area contributed by atoms with E-state index in [-0.39, 0.29) is 5.97 Å². The van der Waals surface area contributed by atoms with E-state index in [0.29, 0.717) is 18.0 Å². The Balaban J connectivity index is 1.92. The lowest BCUT2D eigenvalue weighted by Gasteiger charge is -2.01. The predicted molar refractivity (Wildman–Crippen MR) is 101 cm³/mol.